The maximum absolute atomic E-state index is 10.8. The van der Waals surface area contributed by atoms with E-state index in [0.29, 0.717) is 4.47 Å². The quantitative estimate of drug-likeness (QED) is 0.897. The number of carbonyl (C=O) groups is 1. The molecule has 1 aliphatic rings. The average molecular weight is 285 g/mol. The van der Waals surface area contributed by atoms with Gasteiger partial charge in [-0.3, -0.25) is 4.79 Å². The molecule has 86 valence electrons. The van der Waals surface area contributed by atoms with Crippen LogP contribution in [0.15, 0.2) is 16.6 Å². The first-order valence-corrected chi connectivity index (χ1v) is 5.96. The van der Waals surface area contributed by atoms with Crippen LogP contribution in [0.2, 0.25) is 0 Å². The molecule has 0 aromatic heterocycles. The first-order valence-electron chi connectivity index (χ1n) is 5.17. The number of hydrogen-bond donors (Lipinski definition) is 2. The number of carboxylic acids is 1. The summed E-state index contributed by atoms with van der Waals surface area (Å²) in [4.78, 5) is 10.8. The lowest BCUT2D eigenvalue weighted by Crippen LogP contribution is -2.13. The van der Waals surface area contributed by atoms with Crippen molar-refractivity contribution in [3.63, 3.8) is 0 Å². The van der Waals surface area contributed by atoms with Crippen LogP contribution >= 0.6 is 15.9 Å². The van der Waals surface area contributed by atoms with E-state index in [2.05, 4.69) is 15.9 Å². The maximum Gasteiger partial charge on any atom is 0.304 e. The molecule has 2 rings (SSSR count). The number of benzene rings is 1. The number of phenols is 1. The number of hydrogen-bond acceptors (Lipinski definition) is 2. The molecule has 0 bridgehead atoms. The van der Waals surface area contributed by atoms with Crippen LogP contribution in [0, 0.1) is 6.92 Å². The number of rotatable bonds is 3. The van der Waals surface area contributed by atoms with Gasteiger partial charge in [-0.2, -0.15) is 0 Å². The Bertz CT molecular complexity index is 450. The van der Waals surface area contributed by atoms with Crippen molar-refractivity contribution in [2.45, 2.75) is 31.6 Å². The van der Waals surface area contributed by atoms with Crippen molar-refractivity contribution in [1.82, 2.24) is 0 Å². The summed E-state index contributed by atoms with van der Waals surface area (Å²) in [7, 11) is 0. The maximum atomic E-state index is 10.8. The second-order valence-electron chi connectivity index (χ2n) is 4.44. The summed E-state index contributed by atoms with van der Waals surface area (Å²) in [5.41, 5.74) is 1.37. The van der Waals surface area contributed by atoms with Crippen molar-refractivity contribution in [2.24, 2.45) is 0 Å². The molecule has 4 heteroatoms. The normalized spacial score (nSPS) is 17.1. The van der Waals surface area contributed by atoms with E-state index < -0.39 is 5.97 Å². The Morgan fingerprint density at radius 2 is 2.12 bits per heavy atom. The molecule has 0 heterocycles. The number of aryl methyl sites for hydroxylation is 1. The Labute approximate surface area is 102 Å². The molecule has 0 spiro atoms. The van der Waals surface area contributed by atoms with Crippen LogP contribution in [0.4, 0.5) is 0 Å². The van der Waals surface area contributed by atoms with Crippen LogP contribution in [-0.2, 0) is 10.2 Å². The molecule has 0 unspecified atom stereocenters. The van der Waals surface area contributed by atoms with E-state index in [1.165, 1.54) is 0 Å². The highest BCUT2D eigenvalue weighted by molar-refractivity contribution is 9.10. The van der Waals surface area contributed by atoms with Gasteiger partial charge in [-0.05, 0) is 41.3 Å². The highest BCUT2D eigenvalue weighted by Gasteiger charge is 2.47. The molecule has 2 N–H and O–H groups in total. The minimum absolute atomic E-state index is 0.0933. The van der Waals surface area contributed by atoms with Gasteiger partial charge in [-0.15, -0.1) is 0 Å². The Hall–Kier alpha value is -1.03. The molecular weight excluding hydrogens is 272 g/mol. The molecule has 1 fully saturated rings. The second-order valence-corrected chi connectivity index (χ2v) is 5.24. The third-order valence-corrected chi connectivity index (χ3v) is 4.22. The predicted octanol–water partition coefficient (Wildman–Crippen LogP) is 2.97. The largest absolute Gasteiger partial charge is 0.506 e. The zero-order chi connectivity index (χ0) is 11.9. The summed E-state index contributed by atoms with van der Waals surface area (Å²) in [5, 5.41) is 18.9. The van der Waals surface area contributed by atoms with Gasteiger partial charge in [0.25, 0.3) is 0 Å². The van der Waals surface area contributed by atoms with Gasteiger partial charge >= 0.3 is 5.97 Å². The number of aliphatic carboxylic acids is 1. The van der Waals surface area contributed by atoms with Crippen LogP contribution in [0.25, 0.3) is 0 Å². The van der Waals surface area contributed by atoms with Crippen molar-refractivity contribution in [3.05, 3.63) is 27.7 Å². The van der Waals surface area contributed by atoms with E-state index in [1.807, 2.05) is 19.1 Å². The fraction of sp³-hybridized carbons (Fsp3) is 0.417. The third-order valence-electron chi connectivity index (χ3n) is 3.22. The molecule has 16 heavy (non-hydrogen) atoms. The van der Waals surface area contributed by atoms with Gasteiger partial charge in [0.1, 0.15) is 5.75 Å². The smallest absolute Gasteiger partial charge is 0.304 e. The summed E-state index contributed by atoms with van der Waals surface area (Å²) < 4.78 is 0.668. The highest BCUT2D eigenvalue weighted by atomic mass is 79.9. The highest BCUT2D eigenvalue weighted by Crippen LogP contribution is 2.55. The van der Waals surface area contributed by atoms with Gasteiger partial charge in [0.15, 0.2) is 0 Å². The Morgan fingerprint density at radius 1 is 1.50 bits per heavy atom. The number of phenolic OH excluding ortho intramolecular Hbond substituents is 1. The molecular formula is C12H13BrO3. The SMILES string of the molecule is Cc1ccc(C2(CC(=O)O)CC2)c(O)c1Br. The predicted molar refractivity (Wildman–Crippen MR) is 63.7 cm³/mol. The van der Waals surface area contributed by atoms with E-state index in [4.69, 9.17) is 5.11 Å². The minimum atomic E-state index is -0.811. The molecule has 0 atom stereocenters. The molecule has 1 saturated carbocycles. The second kappa shape index (κ2) is 3.77. The Morgan fingerprint density at radius 3 is 2.62 bits per heavy atom. The van der Waals surface area contributed by atoms with Gasteiger partial charge < -0.3 is 10.2 Å². The molecule has 0 aliphatic heterocycles. The molecule has 0 amide bonds. The van der Waals surface area contributed by atoms with Crippen LogP contribution in [-0.4, -0.2) is 16.2 Å². The van der Waals surface area contributed by atoms with Gasteiger partial charge in [-0.1, -0.05) is 12.1 Å². The Balaban J connectivity index is 2.42. The molecule has 3 nitrogen and oxygen atoms in total. The van der Waals surface area contributed by atoms with E-state index in [9.17, 15) is 9.90 Å². The summed E-state index contributed by atoms with van der Waals surface area (Å²) in [6.45, 7) is 1.89. The fourth-order valence-electron chi connectivity index (χ4n) is 2.08. The van der Waals surface area contributed by atoms with Crippen molar-refractivity contribution < 1.29 is 15.0 Å². The van der Waals surface area contributed by atoms with Crippen LogP contribution < -0.4 is 0 Å². The van der Waals surface area contributed by atoms with Crippen molar-refractivity contribution in [2.75, 3.05) is 0 Å². The van der Waals surface area contributed by atoms with Crippen LogP contribution in [0.3, 0.4) is 0 Å². The lowest BCUT2D eigenvalue weighted by atomic mass is 9.91. The lowest BCUT2D eigenvalue weighted by Gasteiger charge is -2.16. The van der Waals surface area contributed by atoms with Gasteiger partial charge in [0, 0.05) is 11.0 Å². The molecule has 0 saturated heterocycles. The zero-order valence-electron chi connectivity index (χ0n) is 8.96. The monoisotopic (exact) mass is 284 g/mol. The van der Waals surface area contributed by atoms with Gasteiger partial charge in [0.2, 0.25) is 0 Å². The Kier molecular flexibility index (Phi) is 2.70. The number of carboxylic acid groups (broad SMARTS) is 1. The van der Waals surface area contributed by atoms with E-state index in [0.717, 1.165) is 24.0 Å². The summed E-state index contributed by atoms with van der Waals surface area (Å²) in [6.07, 6.45) is 1.76. The summed E-state index contributed by atoms with van der Waals surface area (Å²) in [6, 6.07) is 3.74. The third kappa shape index (κ3) is 1.82. The van der Waals surface area contributed by atoms with Gasteiger partial charge in [0.05, 0.1) is 10.9 Å². The molecule has 1 aromatic carbocycles. The lowest BCUT2D eigenvalue weighted by molar-refractivity contribution is -0.137. The van der Waals surface area contributed by atoms with Gasteiger partial charge in [-0.25, -0.2) is 0 Å². The van der Waals surface area contributed by atoms with Crippen molar-refractivity contribution in [3.8, 4) is 5.75 Å². The average Bonchev–Trinajstić information content (AvgIpc) is 2.94. The molecule has 1 aliphatic carbocycles. The fourth-order valence-corrected chi connectivity index (χ4v) is 2.42. The zero-order valence-corrected chi connectivity index (χ0v) is 10.5. The first-order chi connectivity index (χ1) is 7.46. The minimum Gasteiger partial charge on any atom is -0.506 e. The summed E-state index contributed by atoms with van der Waals surface area (Å²) in [5.74, 6) is -0.618. The summed E-state index contributed by atoms with van der Waals surface area (Å²) >= 11 is 3.32. The molecule has 0 radical (unpaired) electrons. The first kappa shape index (κ1) is 11.5. The number of aromatic hydroxyl groups is 1. The van der Waals surface area contributed by atoms with E-state index in [1.54, 1.807) is 0 Å². The van der Waals surface area contributed by atoms with E-state index in [-0.39, 0.29) is 17.6 Å². The van der Waals surface area contributed by atoms with Crippen LogP contribution in [0.5, 0.6) is 5.75 Å². The topological polar surface area (TPSA) is 57.5 Å². The molecule has 1 aromatic rings. The van der Waals surface area contributed by atoms with E-state index >= 15 is 0 Å². The number of halogens is 1. The standard InChI is InChI=1S/C12H13BrO3/c1-7-2-3-8(11(16)10(7)13)12(4-5-12)6-9(14)15/h2-3,16H,4-6H2,1H3,(H,14,15). The van der Waals surface area contributed by atoms with Crippen molar-refractivity contribution in [1.29, 1.82) is 0 Å². The van der Waals surface area contributed by atoms with Crippen molar-refractivity contribution >= 4 is 21.9 Å². The van der Waals surface area contributed by atoms with Crippen LogP contribution in [0.1, 0.15) is 30.4 Å².